The minimum absolute atomic E-state index is 0.123. The van der Waals surface area contributed by atoms with Gasteiger partial charge in [0.25, 0.3) is 0 Å². The van der Waals surface area contributed by atoms with Gasteiger partial charge in [-0.25, -0.2) is 0 Å². The van der Waals surface area contributed by atoms with Crippen molar-refractivity contribution in [2.75, 3.05) is 6.61 Å². The summed E-state index contributed by atoms with van der Waals surface area (Å²) >= 11 is 0. The molecule has 5 nitrogen and oxygen atoms in total. The molecule has 6 heteroatoms. The summed E-state index contributed by atoms with van der Waals surface area (Å²) in [5.74, 6) is 0. The molecule has 0 bridgehead atoms. The normalized spacial score (nSPS) is 14.1. The number of hydrogen-bond donors (Lipinski definition) is 5. The third kappa shape index (κ3) is 22.0. The van der Waals surface area contributed by atoms with Crippen molar-refractivity contribution >= 4 is 8.60 Å². The molecule has 0 aliphatic heterocycles. The van der Waals surface area contributed by atoms with Crippen molar-refractivity contribution in [3.8, 4) is 0 Å². The van der Waals surface area contributed by atoms with Crippen LogP contribution in [0, 0.1) is 0 Å². The van der Waals surface area contributed by atoms with Crippen molar-refractivity contribution < 1.29 is 24.9 Å². The average molecular weight is 270 g/mol. The molecule has 0 amide bonds. The number of rotatable bonds is 8. The maximum absolute atomic E-state index is 9.48. The van der Waals surface area contributed by atoms with Gasteiger partial charge in [0.2, 0.25) is 0 Å². The lowest BCUT2D eigenvalue weighted by Crippen LogP contribution is -2.28. The molecule has 0 aliphatic carbocycles. The molecule has 0 heterocycles. The van der Waals surface area contributed by atoms with Crippen LogP contribution >= 0.6 is 8.60 Å². The third-order valence-electron chi connectivity index (χ3n) is 2.41. The second kappa shape index (κ2) is 12.7. The van der Waals surface area contributed by atoms with Gasteiger partial charge in [-0.05, 0) is 13.3 Å². The lowest BCUT2D eigenvalue weighted by molar-refractivity contribution is -0.00695. The predicted molar refractivity (Wildman–Crippen MR) is 69.3 cm³/mol. The second-order valence-corrected chi connectivity index (χ2v) is 4.98. The van der Waals surface area contributed by atoms with E-state index in [2.05, 4.69) is 6.92 Å². The van der Waals surface area contributed by atoms with Gasteiger partial charge in [-0.1, -0.05) is 45.4 Å². The predicted octanol–water partition coefficient (Wildman–Crippen LogP) is 1.67. The highest BCUT2D eigenvalue weighted by Crippen LogP contribution is 2.15. The summed E-state index contributed by atoms with van der Waals surface area (Å²) in [7, 11) is -2.62. The molecular formula is C11H27O5P. The molecule has 0 rings (SSSR count). The first-order valence-electron chi connectivity index (χ1n) is 6.05. The molecule has 106 valence electrons. The van der Waals surface area contributed by atoms with Crippen LogP contribution in [0.1, 0.15) is 58.8 Å². The van der Waals surface area contributed by atoms with Crippen LogP contribution in [0.3, 0.4) is 0 Å². The van der Waals surface area contributed by atoms with Crippen LogP contribution in [0.5, 0.6) is 0 Å². The van der Waals surface area contributed by atoms with Crippen LogP contribution in [0.4, 0.5) is 0 Å². The van der Waals surface area contributed by atoms with E-state index in [9.17, 15) is 5.11 Å². The molecule has 0 spiro atoms. The summed E-state index contributed by atoms with van der Waals surface area (Å²) in [5.41, 5.74) is -0.856. The second-order valence-electron chi connectivity index (χ2n) is 4.44. The summed E-state index contributed by atoms with van der Waals surface area (Å²) in [4.78, 5) is 21.7. The minimum Gasteiger partial charge on any atom is -0.393 e. The Balaban J connectivity index is 0. The number of unbranched alkanes of at least 4 members (excludes halogenated alkanes) is 5. The fraction of sp³-hybridized carbons (Fsp3) is 1.00. The Morgan fingerprint density at radius 3 is 1.76 bits per heavy atom. The largest absolute Gasteiger partial charge is 0.393 e. The first-order chi connectivity index (χ1) is 7.85. The first-order valence-corrected chi connectivity index (χ1v) is 7.25. The average Bonchev–Trinajstić information content (AvgIpc) is 2.22. The van der Waals surface area contributed by atoms with Crippen LogP contribution in [0.15, 0.2) is 0 Å². The molecule has 0 saturated heterocycles. The highest BCUT2D eigenvalue weighted by atomic mass is 31.2. The Morgan fingerprint density at radius 2 is 1.35 bits per heavy atom. The quantitative estimate of drug-likeness (QED) is 0.341. The highest BCUT2D eigenvalue weighted by Gasteiger charge is 2.17. The zero-order valence-corrected chi connectivity index (χ0v) is 11.7. The molecular weight excluding hydrogens is 243 g/mol. The molecule has 0 aliphatic rings. The van der Waals surface area contributed by atoms with Crippen molar-refractivity contribution in [3.63, 3.8) is 0 Å². The maximum atomic E-state index is 9.48. The van der Waals surface area contributed by atoms with Gasteiger partial charge in [-0.2, -0.15) is 0 Å². The van der Waals surface area contributed by atoms with Crippen molar-refractivity contribution in [2.24, 2.45) is 0 Å². The van der Waals surface area contributed by atoms with Crippen molar-refractivity contribution in [3.05, 3.63) is 0 Å². The molecule has 0 radical (unpaired) electrons. The van der Waals surface area contributed by atoms with Crippen LogP contribution in [0.2, 0.25) is 0 Å². The van der Waals surface area contributed by atoms with E-state index in [-0.39, 0.29) is 6.61 Å². The van der Waals surface area contributed by atoms with Crippen molar-refractivity contribution in [2.45, 2.75) is 64.4 Å². The van der Waals surface area contributed by atoms with Gasteiger partial charge in [0.1, 0.15) is 0 Å². The fourth-order valence-electron chi connectivity index (χ4n) is 1.37. The Labute approximate surface area is 105 Å². The molecule has 0 saturated carbocycles. The topological polar surface area (TPSA) is 101 Å². The van der Waals surface area contributed by atoms with Crippen LogP contribution < -0.4 is 0 Å². The molecule has 1 atom stereocenters. The Hall–Kier alpha value is 0.230. The van der Waals surface area contributed by atoms with Crippen LogP contribution in [-0.2, 0) is 0 Å². The highest BCUT2D eigenvalue weighted by molar-refractivity contribution is 7.38. The van der Waals surface area contributed by atoms with E-state index < -0.39 is 14.2 Å². The number of hydrogen-bond acceptors (Lipinski definition) is 5. The Bertz CT molecular complexity index is 150. The SMILES string of the molecule is CCCCCCCCC(C)(O)CO.OP(O)O. The fourth-order valence-corrected chi connectivity index (χ4v) is 1.37. The van der Waals surface area contributed by atoms with E-state index in [0.717, 1.165) is 12.8 Å². The minimum atomic E-state index is -2.62. The molecule has 0 fully saturated rings. The Morgan fingerprint density at radius 1 is 0.941 bits per heavy atom. The molecule has 0 aromatic rings. The maximum Gasteiger partial charge on any atom is 0.324 e. The van der Waals surface area contributed by atoms with Gasteiger partial charge in [0.15, 0.2) is 0 Å². The molecule has 5 N–H and O–H groups in total. The molecule has 0 aromatic carbocycles. The van der Waals surface area contributed by atoms with Gasteiger partial charge < -0.3 is 24.9 Å². The molecule has 0 aromatic heterocycles. The summed E-state index contributed by atoms with van der Waals surface area (Å²) in [6, 6.07) is 0. The zero-order chi connectivity index (χ0) is 13.7. The van der Waals surface area contributed by atoms with Gasteiger partial charge in [0.05, 0.1) is 12.2 Å². The van der Waals surface area contributed by atoms with Crippen LogP contribution in [0.25, 0.3) is 0 Å². The van der Waals surface area contributed by atoms with E-state index in [1.807, 2.05) is 0 Å². The van der Waals surface area contributed by atoms with Gasteiger partial charge in [-0.3, -0.25) is 0 Å². The number of aliphatic hydroxyl groups is 2. The summed E-state index contributed by atoms with van der Waals surface area (Å²) < 4.78 is 0. The van der Waals surface area contributed by atoms with Crippen molar-refractivity contribution in [1.82, 2.24) is 0 Å². The van der Waals surface area contributed by atoms with Gasteiger partial charge >= 0.3 is 8.60 Å². The van der Waals surface area contributed by atoms with E-state index in [0.29, 0.717) is 0 Å². The van der Waals surface area contributed by atoms with Crippen LogP contribution in [-0.4, -0.2) is 37.1 Å². The van der Waals surface area contributed by atoms with Gasteiger partial charge in [-0.15, -0.1) is 0 Å². The lowest BCUT2D eigenvalue weighted by Gasteiger charge is -2.19. The number of aliphatic hydroxyl groups excluding tert-OH is 1. The smallest absolute Gasteiger partial charge is 0.324 e. The summed E-state index contributed by atoms with van der Waals surface area (Å²) in [5, 5.41) is 18.3. The van der Waals surface area contributed by atoms with E-state index in [1.165, 1.54) is 32.1 Å². The molecule has 1 unspecified atom stereocenters. The zero-order valence-electron chi connectivity index (χ0n) is 10.8. The molecule has 17 heavy (non-hydrogen) atoms. The van der Waals surface area contributed by atoms with E-state index >= 15 is 0 Å². The van der Waals surface area contributed by atoms with E-state index in [4.69, 9.17) is 19.8 Å². The monoisotopic (exact) mass is 270 g/mol. The van der Waals surface area contributed by atoms with Crippen molar-refractivity contribution in [1.29, 1.82) is 0 Å². The first kappa shape index (κ1) is 19.6. The summed E-state index contributed by atoms with van der Waals surface area (Å²) in [6.07, 6.45) is 8.07. The van der Waals surface area contributed by atoms with E-state index in [1.54, 1.807) is 6.92 Å². The lowest BCUT2D eigenvalue weighted by atomic mass is 9.99. The van der Waals surface area contributed by atoms with Gasteiger partial charge in [0, 0.05) is 0 Å². The summed E-state index contributed by atoms with van der Waals surface area (Å²) in [6.45, 7) is 3.78. The standard InChI is InChI=1S/C11H24O2.H3O3P/c1-3-4-5-6-7-8-9-11(2,13)10-12;1-4(2)3/h12-13H,3-10H2,1-2H3;1-3H. The Kier molecular flexibility index (Phi) is 14.6. The third-order valence-corrected chi connectivity index (χ3v) is 2.41.